The molecule has 2 heterocycles. The van der Waals surface area contributed by atoms with Crippen LogP contribution in [0.1, 0.15) is 30.7 Å². The number of carbonyl (C=O) groups is 1. The first-order valence-electron chi connectivity index (χ1n) is 13.0. The summed E-state index contributed by atoms with van der Waals surface area (Å²) in [6.07, 6.45) is 3.23. The number of nitro benzene ring substituents is 1. The average Bonchev–Trinajstić information content (AvgIpc) is 3.43. The van der Waals surface area contributed by atoms with Gasteiger partial charge in [-0.3, -0.25) is 19.8 Å². The fourth-order valence-electron chi connectivity index (χ4n) is 5.56. The topological polar surface area (TPSA) is 131 Å². The van der Waals surface area contributed by atoms with E-state index >= 15 is 0 Å². The fourth-order valence-corrected chi connectivity index (χ4v) is 5.56. The largest absolute Gasteiger partial charge is 0.384 e. The number of nitrogens with two attached hydrogens (primary N) is 1. The number of allylic oxidation sites excluding steroid dienone is 3. The standard InChI is InChI=1S/C31H23FN6O3/c32-20-11-15-22(16-12-20)37-26-7-4-8-27(39)29(26)28(24(17-33)31(37)34)25-18-36(21-5-2-1-3-6-21)35-30(25)19-9-13-23(14-10-19)38(40)41/h1-3,5-6,9-16,18,28H,4,7-8,34H2. The number of nitro groups is 1. The molecule has 9 nitrogen and oxygen atoms in total. The molecule has 0 amide bonds. The van der Waals surface area contributed by atoms with Crippen molar-refractivity contribution in [1.82, 2.24) is 9.78 Å². The summed E-state index contributed by atoms with van der Waals surface area (Å²) in [4.78, 5) is 26.1. The van der Waals surface area contributed by atoms with Gasteiger partial charge in [0, 0.05) is 52.8 Å². The van der Waals surface area contributed by atoms with E-state index in [0.717, 1.165) is 5.69 Å². The summed E-state index contributed by atoms with van der Waals surface area (Å²) in [5.74, 6) is -1.19. The van der Waals surface area contributed by atoms with Crippen molar-refractivity contribution in [3.8, 4) is 23.0 Å². The molecule has 0 fully saturated rings. The highest BCUT2D eigenvalue weighted by atomic mass is 19.1. The van der Waals surface area contributed by atoms with Gasteiger partial charge in [0.15, 0.2) is 5.78 Å². The van der Waals surface area contributed by atoms with Crippen molar-refractivity contribution in [3.63, 3.8) is 0 Å². The number of para-hydroxylation sites is 1. The van der Waals surface area contributed by atoms with E-state index in [1.807, 2.05) is 30.3 Å². The molecule has 1 aliphatic carbocycles. The summed E-state index contributed by atoms with van der Waals surface area (Å²) in [5, 5.41) is 26.6. The predicted octanol–water partition coefficient (Wildman–Crippen LogP) is 5.89. The Morgan fingerprint density at radius 1 is 1.00 bits per heavy atom. The third kappa shape index (κ3) is 4.43. The maximum atomic E-state index is 13.8. The Labute approximate surface area is 234 Å². The Balaban J connectivity index is 1.60. The van der Waals surface area contributed by atoms with Gasteiger partial charge in [0.1, 0.15) is 11.6 Å². The lowest BCUT2D eigenvalue weighted by atomic mass is 9.75. The Morgan fingerprint density at radius 3 is 2.37 bits per heavy atom. The molecule has 4 aromatic rings. The van der Waals surface area contributed by atoms with Crippen molar-refractivity contribution in [2.24, 2.45) is 5.73 Å². The number of anilines is 1. The summed E-state index contributed by atoms with van der Waals surface area (Å²) >= 11 is 0. The van der Waals surface area contributed by atoms with Crippen molar-refractivity contribution in [2.45, 2.75) is 25.2 Å². The van der Waals surface area contributed by atoms with E-state index in [9.17, 15) is 24.6 Å². The first-order valence-corrected chi connectivity index (χ1v) is 13.0. The van der Waals surface area contributed by atoms with Gasteiger partial charge in [-0.15, -0.1) is 0 Å². The summed E-state index contributed by atoms with van der Waals surface area (Å²) in [7, 11) is 0. The minimum atomic E-state index is -0.817. The monoisotopic (exact) mass is 546 g/mol. The second-order valence-corrected chi connectivity index (χ2v) is 9.81. The second kappa shape index (κ2) is 10.2. The zero-order chi connectivity index (χ0) is 28.7. The number of hydrogen-bond donors (Lipinski definition) is 1. The minimum absolute atomic E-state index is 0.0697. The van der Waals surface area contributed by atoms with Gasteiger partial charge in [-0.1, -0.05) is 18.2 Å². The van der Waals surface area contributed by atoms with Crippen LogP contribution < -0.4 is 10.6 Å². The van der Waals surface area contributed by atoms with E-state index in [4.69, 9.17) is 10.8 Å². The Hall–Kier alpha value is -5.56. The van der Waals surface area contributed by atoms with Gasteiger partial charge >= 0.3 is 0 Å². The van der Waals surface area contributed by atoms with Gasteiger partial charge in [-0.25, -0.2) is 9.07 Å². The van der Waals surface area contributed by atoms with E-state index in [1.54, 1.807) is 40.0 Å². The van der Waals surface area contributed by atoms with Crippen LogP contribution in [0.2, 0.25) is 0 Å². The average molecular weight is 547 g/mol. The van der Waals surface area contributed by atoms with Gasteiger partial charge in [-0.05, 0) is 61.4 Å². The Morgan fingerprint density at radius 2 is 1.71 bits per heavy atom. The molecule has 0 bridgehead atoms. The molecule has 1 aliphatic heterocycles. The molecule has 1 unspecified atom stereocenters. The van der Waals surface area contributed by atoms with Crippen LogP contribution in [0.15, 0.2) is 108 Å². The van der Waals surface area contributed by atoms with Crippen LogP contribution in [-0.4, -0.2) is 20.5 Å². The quantitative estimate of drug-likeness (QED) is 0.244. The maximum absolute atomic E-state index is 13.8. The van der Waals surface area contributed by atoms with E-state index in [0.29, 0.717) is 53.0 Å². The second-order valence-electron chi connectivity index (χ2n) is 9.81. The van der Waals surface area contributed by atoms with Crippen molar-refractivity contribution >= 4 is 17.2 Å². The van der Waals surface area contributed by atoms with Crippen LogP contribution in [0.25, 0.3) is 16.9 Å². The van der Waals surface area contributed by atoms with Gasteiger partial charge in [0.25, 0.3) is 5.69 Å². The van der Waals surface area contributed by atoms with Crippen LogP contribution in [0.3, 0.4) is 0 Å². The third-order valence-electron chi connectivity index (χ3n) is 7.42. The normalized spacial score (nSPS) is 16.9. The van der Waals surface area contributed by atoms with Crippen LogP contribution in [0.5, 0.6) is 0 Å². The number of ketones is 1. The first-order chi connectivity index (χ1) is 19.9. The predicted molar refractivity (Wildman–Crippen MR) is 150 cm³/mol. The molecule has 0 spiro atoms. The van der Waals surface area contributed by atoms with Crippen molar-refractivity contribution < 1.29 is 14.1 Å². The molecule has 2 aliphatic rings. The first kappa shape index (κ1) is 25.7. The van der Waals surface area contributed by atoms with Gasteiger partial charge in [0.2, 0.25) is 0 Å². The number of nitriles is 1. The lowest BCUT2D eigenvalue weighted by molar-refractivity contribution is -0.384. The van der Waals surface area contributed by atoms with E-state index in [-0.39, 0.29) is 22.9 Å². The van der Waals surface area contributed by atoms with Gasteiger partial charge < -0.3 is 5.73 Å². The molecule has 0 saturated carbocycles. The molecule has 1 atom stereocenters. The van der Waals surface area contributed by atoms with Crippen LogP contribution in [0, 0.1) is 27.3 Å². The number of nitrogens with zero attached hydrogens (tertiary/aromatic N) is 5. The number of halogens is 1. The molecular formula is C31H23FN6O3. The van der Waals surface area contributed by atoms with Gasteiger partial charge in [0.05, 0.1) is 33.9 Å². The van der Waals surface area contributed by atoms with Crippen molar-refractivity contribution in [3.05, 3.63) is 129 Å². The Bertz CT molecular complexity index is 1780. The van der Waals surface area contributed by atoms with E-state index < -0.39 is 16.7 Å². The summed E-state index contributed by atoms with van der Waals surface area (Å²) in [6, 6.07) is 23.3. The highest BCUT2D eigenvalue weighted by molar-refractivity contribution is 6.01. The lowest BCUT2D eigenvalue weighted by Gasteiger charge is -2.39. The molecule has 0 saturated heterocycles. The minimum Gasteiger partial charge on any atom is -0.384 e. The number of benzene rings is 3. The van der Waals surface area contributed by atoms with Crippen LogP contribution in [-0.2, 0) is 4.79 Å². The lowest BCUT2D eigenvalue weighted by Crippen LogP contribution is -2.38. The molecule has 6 rings (SSSR count). The molecule has 10 heteroatoms. The SMILES string of the molecule is N#CC1=C(N)N(c2ccc(F)cc2)C2=C(C(=O)CCC2)C1c1cn(-c2ccccc2)nc1-c1ccc([N+](=O)[O-])cc1. The molecule has 0 radical (unpaired) electrons. The number of Topliss-reactive ketones (excluding diaryl/α,β-unsaturated/α-hetero) is 1. The van der Waals surface area contributed by atoms with E-state index in [2.05, 4.69) is 6.07 Å². The number of rotatable bonds is 5. The van der Waals surface area contributed by atoms with Crippen LogP contribution in [0.4, 0.5) is 15.8 Å². The highest BCUT2D eigenvalue weighted by Crippen LogP contribution is 2.48. The van der Waals surface area contributed by atoms with E-state index in [1.165, 1.54) is 24.3 Å². The Kier molecular flexibility index (Phi) is 6.40. The number of aromatic nitrogens is 2. The zero-order valence-electron chi connectivity index (χ0n) is 21.7. The van der Waals surface area contributed by atoms with Crippen molar-refractivity contribution in [1.29, 1.82) is 5.26 Å². The summed E-state index contributed by atoms with van der Waals surface area (Å²) in [6.45, 7) is 0. The highest BCUT2D eigenvalue weighted by Gasteiger charge is 2.42. The molecule has 1 aromatic heterocycles. The third-order valence-corrected chi connectivity index (χ3v) is 7.42. The zero-order valence-corrected chi connectivity index (χ0v) is 21.7. The van der Waals surface area contributed by atoms with Crippen LogP contribution >= 0.6 is 0 Å². The molecule has 41 heavy (non-hydrogen) atoms. The number of hydrogen-bond acceptors (Lipinski definition) is 7. The smallest absolute Gasteiger partial charge is 0.269 e. The molecule has 2 N–H and O–H groups in total. The van der Waals surface area contributed by atoms with Crippen molar-refractivity contribution in [2.75, 3.05) is 4.90 Å². The summed E-state index contributed by atoms with van der Waals surface area (Å²) in [5.41, 5.74) is 10.8. The maximum Gasteiger partial charge on any atom is 0.269 e. The molecule has 3 aromatic carbocycles. The number of carbonyl (C=O) groups excluding carboxylic acids is 1. The molecule has 202 valence electrons. The number of non-ortho nitro benzene ring substituents is 1. The van der Waals surface area contributed by atoms with Gasteiger partial charge in [-0.2, -0.15) is 10.4 Å². The summed E-state index contributed by atoms with van der Waals surface area (Å²) < 4.78 is 15.4. The molecular weight excluding hydrogens is 523 g/mol. The fraction of sp³-hybridized carbons (Fsp3) is 0.129.